The quantitative estimate of drug-likeness (QED) is 0.384. The van der Waals surface area contributed by atoms with Gasteiger partial charge in [0.05, 0.1) is 13.2 Å². The molecule has 3 N–H and O–H groups in total. The molecule has 0 aromatic heterocycles. The van der Waals surface area contributed by atoms with E-state index in [0.717, 1.165) is 28.7 Å². The van der Waals surface area contributed by atoms with Crippen LogP contribution in [0.5, 0.6) is 11.5 Å². The van der Waals surface area contributed by atoms with E-state index in [1.54, 1.807) is 12.1 Å². The highest BCUT2D eigenvalue weighted by Gasteiger charge is 2.12. The number of ether oxygens (including phenoxy) is 2. The molecule has 0 aliphatic carbocycles. The molecule has 154 valence electrons. The van der Waals surface area contributed by atoms with E-state index < -0.39 is 0 Å². The molecule has 0 heterocycles. The summed E-state index contributed by atoms with van der Waals surface area (Å²) in [4.78, 5) is 0. The molecule has 0 saturated heterocycles. The van der Waals surface area contributed by atoms with E-state index in [9.17, 15) is 0 Å². The van der Waals surface area contributed by atoms with Crippen molar-refractivity contribution >= 4 is 39.1 Å². The molecule has 2 aromatic rings. The average molecular weight is 492 g/mol. The van der Waals surface area contributed by atoms with Gasteiger partial charge in [0, 0.05) is 46.3 Å². The fraction of sp³-hybridized carbons (Fsp3) is 0.400. The van der Waals surface area contributed by atoms with Crippen molar-refractivity contribution in [1.82, 2.24) is 10.6 Å². The summed E-state index contributed by atoms with van der Waals surface area (Å²) in [5.41, 5.74) is 1.92. The van der Waals surface area contributed by atoms with Crippen LogP contribution in [-0.4, -0.2) is 38.0 Å². The molecule has 0 aliphatic heterocycles. The molecule has 0 spiro atoms. The summed E-state index contributed by atoms with van der Waals surface area (Å²) in [5, 5.41) is 16.4. The summed E-state index contributed by atoms with van der Waals surface area (Å²) < 4.78 is 12.7. The first-order valence-corrected chi connectivity index (χ1v) is 10.6. The Balaban J connectivity index is 2.02. The van der Waals surface area contributed by atoms with Crippen molar-refractivity contribution < 1.29 is 14.6 Å². The van der Waals surface area contributed by atoms with Crippen LogP contribution >= 0.6 is 39.1 Å². The van der Waals surface area contributed by atoms with Crippen LogP contribution < -0.4 is 20.1 Å². The van der Waals surface area contributed by atoms with Crippen molar-refractivity contribution in [2.24, 2.45) is 0 Å². The van der Waals surface area contributed by atoms with Gasteiger partial charge in [-0.05, 0) is 36.8 Å². The predicted octanol–water partition coefficient (Wildman–Crippen LogP) is 4.41. The van der Waals surface area contributed by atoms with Gasteiger partial charge in [0.25, 0.3) is 0 Å². The summed E-state index contributed by atoms with van der Waals surface area (Å²) in [6, 6.07) is 9.22. The van der Waals surface area contributed by atoms with E-state index in [2.05, 4.69) is 26.6 Å². The van der Waals surface area contributed by atoms with Crippen LogP contribution in [0.25, 0.3) is 0 Å². The standard InChI is InChI=1S/C20H25BrCl2N2O3/c1-2-27-19-9-15(12-25-6-5-24-7-8-26)17(21)11-20(19)28-13-14-3-4-16(22)10-18(14)23/h3-4,9-11,24-26H,2,5-8,12-13H2,1H3. The minimum absolute atomic E-state index is 0.145. The Kier molecular flexibility index (Phi) is 10.4. The molecule has 8 heteroatoms. The lowest BCUT2D eigenvalue weighted by Gasteiger charge is -2.16. The highest BCUT2D eigenvalue weighted by atomic mass is 79.9. The highest BCUT2D eigenvalue weighted by molar-refractivity contribution is 9.10. The Bertz CT molecular complexity index is 762. The van der Waals surface area contributed by atoms with Crippen molar-refractivity contribution in [2.45, 2.75) is 20.1 Å². The Hall–Kier alpha value is -1.02. The summed E-state index contributed by atoms with van der Waals surface area (Å²) in [5.74, 6) is 1.33. The Morgan fingerprint density at radius 3 is 2.43 bits per heavy atom. The molecule has 0 saturated carbocycles. The molecule has 0 atom stereocenters. The number of hydrogen-bond acceptors (Lipinski definition) is 5. The first kappa shape index (κ1) is 23.3. The first-order chi connectivity index (χ1) is 13.5. The lowest BCUT2D eigenvalue weighted by molar-refractivity contribution is 0.269. The zero-order chi connectivity index (χ0) is 20.4. The van der Waals surface area contributed by atoms with Gasteiger partial charge in [0.2, 0.25) is 0 Å². The maximum Gasteiger partial charge on any atom is 0.162 e. The number of rotatable bonds is 12. The molecule has 0 aliphatic rings. The van der Waals surface area contributed by atoms with E-state index >= 15 is 0 Å². The Morgan fingerprint density at radius 1 is 0.964 bits per heavy atom. The molecular formula is C20H25BrCl2N2O3. The molecule has 0 unspecified atom stereocenters. The third-order valence-electron chi connectivity index (χ3n) is 3.89. The van der Waals surface area contributed by atoms with Gasteiger partial charge in [-0.1, -0.05) is 45.2 Å². The summed E-state index contributed by atoms with van der Waals surface area (Å²) in [6.07, 6.45) is 0. The maximum atomic E-state index is 8.76. The normalized spacial score (nSPS) is 10.9. The van der Waals surface area contributed by atoms with Crippen LogP contribution in [0, 0.1) is 0 Å². The van der Waals surface area contributed by atoms with E-state index in [1.807, 2.05) is 25.1 Å². The van der Waals surface area contributed by atoms with Gasteiger partial charge in [-0.3, -0.25) is 0 Å². The minimum Gasteiger partial charge on any atom is -0.490 e. The minimum atomic E-state index is 0.145. The second-order valence-electron chi connectivity index (χ2n) is 6.00. The van der Waals surface area contributed by atoms with Crippen molar-refractivity contribution in [3.63, 3.8) is 0 Å². The van der Waals surface area contributed by atoms with Crippen LogP contribution in [0.3, 0.4) is 0 Å². The second kappa shape index (κ2) is 12.5. The van der Waals surface area contributed by atoms with E-state index in [0.29, 0.717) is 47.8 Å². The lowest BCUT2D eigenvalue weighted by atomic mass is 10.2. The maximum absolute atomic E-state index is 8.76. The number of halogens is 3. The number of hydrogen-bond donors (Lipinski definition) is 3. The fourth-order valence-electron chi connectivity index (χ4n) is 2.49. The molecule has 0 bridgehead atoms. The summed E-state index contributed by atoms with van der Waals surface area (Å²) in [7, 11) is 0. The average Bonchev–Trinajstić information content (AvgIpc) is 2.66. The van der Waals surface area contributed by atoms with Crippen LogP contribution in [0.1, 0.15) is 18.1 Å². The molecule has 5 nitrogen and oxygen atoms in total. The van der Waals surface area contributed by atoms with Crippen LogP contribution in [0.15, 0.2) is 34.8 Å². The molecular weight excluding hydrogens is 467 g/mol. The van der Waals surface area contributed by atoms with Crippen LogP contribution in [0.2, 0.25) is 10.0 Å². The van der Waals surface area contributed by atoms with Crippen molar-refractivity contribution in [2.75, 3.05) is 32.8 Å². The number of nitrogens with one attached hydrogen (secondary N) is 2. The first-order valence-electron chi connectivity index (χ1n) is 9.09. The van der Waals surface area contributed by atoms with Gasteiger partial charge >= 0.3 is 0 Å². The van der Waals surface area contributed by atoms with Gasteiger partial charge in [-0.25, -0.2) is 0 Å². The number of aliphatic hydroxyl groups is 1. The van der Waals surface area contributed by atoms with Gasteiger partial charge in [0.1, 0.15) is 6.61 Å². The fourth-order valence-corrected chi connectivity index (χ4v) is 3.42. The molecule has 2 aromatic carbocycles. The third-order valence-corrected chi connectivity index (χ3v) is 5.22. The molecule has 28 heavy (non-hydrogen) atoms. The van der Waals surface area contributed by atoms with Gasteiger partial charge in [-0.15, -0.1) is 0 Å². The van der Waals surface area contributed by atoms with Gasteiger partial charge in [-0.2, -0.15) is 0 Å². The predicted molar refractivity (Wildman–Crippen MR) is 118 cm³/mol. The monoisotopic (exact) mass is 490 g/mol. The zero-order valence-electron chi connectivity index (χ0n) is 15.7. The Morgan fingerprint density at radius 2 is 1.71 bits per heavy atom. The van der Waals surface area contributed by atoms with Gasteiger partial charge in [0.15, 0.2) is 11.5 Å². The van der Waals surface area contributed by atoms with Gasteiger partial charge < -0.3 is 25.2 Å². The van der Waals surface area contributed by atoms with E-state index in [-0.39, 0.29) is 6.61 Å². The topological polar surface area (TPSA) is 62.8 Å². The summed E-state index contributed by atoms with van der Waals surface area (Å²) >= 11 is 15.8. The number of benzene rings is 2. The highest BCUT2D eigenvalue weighted by Crippen LogP contribution is 2.35. The second-order valence-corrected chi connectivity index (χ2v) is 7.70. The molecule has 0 amide bonds. The Labute approximate surface area is 184 Å². The van der Waals surface area contributed by atoms with Crippen molar-refractivity contribution in [3.05, 3.63) is 56.0 Å². The van der Waals surface area contributed by atoms with Crippen molar-refractivity contribution in [3.8, 4) is 11.5 Å². The third kappa shape index (κ3) is 7.43. The molecule has 2 rings (SSSR count). The van der Waals surface area contributed by atoms with Crippen molar-refractivity contribution in [1.29, 1.82) is 0 Å². The van der Waals surface area contributed by atoms with E-state index in [1.165, 1.54) is 0 Å². The molecule has 0 fully saturated rings. The van der Waals surface area contributed by atoms with Crippen LogP contribution in [0.4, 0.5) is 0 Å². The summed E-state index contributed by atoms with van der Waals surface area (Å²) in [6.45, 7) is 5.81. The SMILES string of the molecule is CCOc1cc(CNCCNCCO)c(Br)cc1OCc1ccc(Cl)cc1Cl. The number of aliphatic hydroxyl groups excluding tert-OH is 1. The smallest absolute Gasteiger partial charge is 0.162 e. The molecule has 0 radical (unpaired) electrons. The zero-order valence-corrected chi connectivity index (χ0v) is 18.8. The van der Waals surface area contributed by atoms with E-state index in [4.69, 9.17) is 37.8 Å². The largest absolute Gasteiger partial charge is 0.490 e. The lowest BCUT2D eigenvalue weighted by Crippen LogP contribution is -2.28. The van der Waals surface area contributed by atoms with Crippen LogP contribution in [-0.2, 0) is 13.2 Å².